The van der Waals surface area contributed by atoms with Gasteiger partial charge in [-0.25, -0.2) is 0 Å². The molecule has 1 aromatic rings. The van der Waals surface area contributed by atoms with Gasteiger partial charge in [-0.1, -0.05) is 45.4 Å². The molecule has 1 N–H and O–H groups in total. The van der Waals surface area contributed by atoms with E-state index in [9.17, 15) is 0 Å². The Morgan fingerprint density at radius 3 is 2.67 bits per heavy atom. The second kappa shape index (κ2) is 7.31. The van der Waals surface area contributed by atoms with Crippen molar-refractivity contribution in [3.05, 3.63) is 29.3 Å². The Morgan fingerprint density at radius 1 is 1.24 bits per heavy atom. The Labute approximate surface area is 130 Å². The van der Waals surface area contributed by atoms with Crippen LogP contribution in [0.2, 0.25) is 0 Å². The van der Waals surface area contributed by atoms with Crippen LogP contribution >= 0.6 is 0 Å². The standard InChI is InChI=1S/C19H32N2/c1-14(2)12-20-13-17-11-16(5)8-9-19(17)21-10-6-7-18(21)15(3)4/h8-9,11,14-15,18,20H,6-7,10,12-13H2,1-5H3. The highest BCUT2D eigenvalue weighted by molar-refractivity contribution is 5.56. The summed E-state index contributed by atoms with van der Waals surface area (Å²) in [5.74, 6) is 1.43. The monoisotopic (exact) mass is 288 g/mol. The first-order valence-electron chi connectivity index (χ1n) is 8.56. The number of hydrogen-bond donors (Lipinski definition) is 1. The molecule has 0 spiro atoms. The maximum atomic E-state index is 3.61. The molecule has 2 nitrogen and oxygen atoms in total. The number of rotatable bonds is 6. The van der Waals surface area contributed by atoms with Crippen LogP contribution in [0.3, 0.4) is 0 Å². The van der Waals surface area contributed by atoms with E-state index in [0.717, 1.165) is 19.0 Å². The van der Waals surface area contributed by atoms with E-state index in [1.807, 2.05) is 0 Å². The Kier molecular flexibility index (Phi) is 5.69. The molecule has 0 aromatic heterocycles. The molecule has 1 aliphatic rings. The predicted octanol–water partition coefficient (Wildman–Crippen LogP) is 4.37. The number of benzene rings is 1. The van der Waals surface area contributed by atoms with Gasteiger partial charge in [-0.3, -0.25) is 0 Å². The summed E-state index contributed by atoms with van der Waals surface area (Å²) >= 11 is 0. The van der Waals surface area contributed by atoms with E-state index >= 15 is 0 Å². The van der Waals surface area contributed by atoms with Gasteiger partial charge in [0, 0.05) is 24.8 Å². The highest BCUT2D eigenvalue weighted by Gasteiger charge is 2.28. The van der Waals surface area contributed by atoms with Crippen molar-refractivity contribution in [1.29, 1.82) is 0 Å². The zero-order valence-electron chi connectivity index (χ0n) is 14.4. The normalized spacial score (nSPS) is 19.0. The molecule has 1 saturated heterocycles. The van der Waals surface area contributed by atoms with Crippen LogP contribution in [0.4, 0.5) is 5.69 Å². The third-order valence-corrected chi connectivity index (χ3v) is 4.48. The zero-order chi connectivity index (χ0) is 15.4. The molecule has 1 fully saturated rings. The van der Waals surface area contributed by atoms with E-state index in [-0.39, 0.29) is 0 Å². The minimum atomic E-state index is 0.702. The lowest BCUT2D eigenvalue weighted by Gasteiger charge is -2.32. The van der Waals surface area contributed by atoms with Crippen LogP contribution in [0.1, 0.15) is 51.7 Å². The number of aryl methyl sites for hydroxylation is 1. The first-order valence-corrected chi connectivity index (χ1v) is 8.56. The molecule has 1 heterocycles. The second-order valence-corrected chi connectivity index (χ2v) is 7.30. The predicted molar refractivity (Wildman–Crippen MR) is 92.9 cm³/mol. The quantitative estimate of drug-likeness (QED) is 0.836. The number of nitrogens with zero attached hydrogens (tertiary/aromatic N) is 1. The lowest BCUT2D eigenvalue weighted by Crippen LogP contribution is -2.34. The van der Waals surface area contributed by atoms with Gasteiger partial charge in [-0.2, -0.15) is 0 Å². The van der Waals surface area contributed by atoms with Gasteiger partial charge < -0.3 is 10.2 Å². The fraction of sp³-hybridized carbons (Fsp3) is 0.684. The largest absolute Gasteiger partial charge is 0.368 e. The summed E-state index contributed by atoms with van der Waals surface area (Å²) in [6.07, 6.45) is 2.67. The molecule has 2 rings (SSSR count). The SMILES string of the molecule is Cc1ccc(N2CCCC2C(C)C)c(CNCC(C)C)c1. The Bertz CT molecular complexity index is 451. The zero-order valence-corrected chi connectivity index (χ0v) is 14.4. The summed E-state index contributed by atoms with van der Waals surface area (Å²) in [5.41, 5.74) is 4.27. The third-order valence-electron chi connectivity index (χ3n) is 4.48. The molecule has 0 radical (unpaired) electrons. The lowest BCUT2D eigenvalue weighted by atomic mass is 10.00. The fourth-order valence-corrected chi connectivity index (χ4v) is 3.42. The van der Waals surface area contributed by atoms with Gasteiger partial charge in [0.05, 0.1) is 0 Å². The molecule has 21 heavy (non-hydrogen) atoms. The van der Waals surface area contributed by atoms with Gasteiger partial charge in [0.25, 0.3) is 0 Å². The Balaban J connectivity index is 2.18. The van der Waals surface area contributed by atoms with Crippen LogP contribution in [0.5, 0.6) is 0 Å². The molecular weight excluding hydrogens is 256 g/mol. The van der Waals surface area contributed by atoms with Crippen LogP contribution in [0, 0.1) is 18.8 Å². The van der Waals surface area contributed by atoms with Crippen molar-refractivity contribution in [1.82, 2.24) is 5.32 Å². The highest BCUT2D eigenvalue weighted by Crippen LogP contribution is 2.32. The summed E-state index contributed by atoms with van der Waals surface area (Å²) in [6.45, 7) is 14.7. The molecule has 118 valence electrons. The summed E-state index contributed by atoms with van der Waals surface area (Å²) in [6, 6.07) is 7.66. The molecule has 0 aliphatic carbocycles. The third kappa shape index (κ3) is 4.23. The summed E-state index contributed by atoms with van der Waals surface area (Å²) in [4.78, 5) is 2.65. The van der Waals surface area contributed by atoms with Crippen molar-refractivity contribution in [3.8, 4) is 0 Å². The van der Waals surface area contributed by atoms with E-state index in [4.69, 9.17) is 0 Å². The Hall–Kier alpha value is -1.02. The molecule has 1 aliphatic heterocycles. The maximum Gasteiger partial charge on any atom is 0.0414 e. The molecule has 1 unspecified atom stereocenters. The van der Waals surface area contributed by atoms with Crippen molar-refractivity contribution in [2.45, 2.75) is 60.0 Å². The van der Waals surface area contributed by atoms with Gasteiger partial charge in [-0.05, 0) is 49.8 Å². The lowest BCUT2D eigenvalue weighted by molar-refractivity contribution is 0.490. The van der Waals surface area contributed by atoms with Crippen LogP contribution in [-0.2, 0) is 6.54 Å². The van der Waals surface area contributed by atoms with E-state index in [0.29, 0.717) is 12.0 Å². The average molecular weight is 288 g/mol. The summed E-state index contributed by atoms with van der Waals surface area (Å²) in [5, 5.41) is 3.61. The van der Waals surface area contributed by atoms with Crippen molar-refractivity contribution < 1.29 is 0 Å². The highest BCUT2D eigenvalue weighted by atomic mass is 15.2. The molecular formula is C19H32N2. The molecule has 1 aromatic carbocycles. The second-order valence-electron chi connectivity index (χ2n) is 7.30. The molecule has 1 atom stereocenters. The van der Waals surface area contributed by atoms with Gasteiger partial charge >= 0.3 is 0 Å². The van der Waals surface area contributed by atoms with E-state index in [2.05, 4.69) is 63.0 Å². The fourth-order valence-electron chi connectivity index (χ4n) is 3.42. The average Bonchev–Trinajstić information content (AvgIpc) is 2.87. The van der Waals surface area contributed by atoms with Gasteiger partial charge in [0.2, 0.25) is 0 Å². The number of hydrogen-bond acceptors (Lipinski definition) is 2. The van der Waals surface area contributed by atoms with Crippen molar-refractivity contribution >= 4 is 5.69 Å². The first-order chi connectivity index (χ1) is 9.99. The smallest absolute Gasteiger partial charge is 0.0414 e. The maximum absolute atomic E-state index is 3.61. The molecule has 0 saturated carbocycles. The molecule has 0 bridgehead atoms. The minimum absolute atomic E-state index is 0.702. The van der Waals surface area contributed by atoms with Gasteiger partial charge in [-0.15, -0.1) is 0 Å². The van der Waals surface area contributed by atoms with Crippen LogP contribution in [-0.4, -0.2) is 19.1 Å². The summed E-state index contributed by atoms with van der Waals surface area (Å²) in [7, 11) is 0. The van der Waals surface area contributed by atoms with Crippen LogP contribution < -0.4 is 10.2 Å². The van der Waals surface area contributed by atoms with Crippen molar-refractivity contribution in [2.75, 3.05) is 18.0 Å². The Morgan fingerprint density at radius 2 is 2.00 bits per heavy atom. The topological polar surface area (TPSA) is 15.3 Å². The molecule has 0 amide bonds. The summed E-state index contributed by atoms with van der Waals surface area (Å²) < 4.78 is 0. The van der Waals surface area contributed by atoms with Gasteiger partial charge in [0.15, 0.2) is 0 Å². The molecule has 2 heteroatoms. The minimum Gasteiger partial charge on any atom is -0.368 e. The van der Waals surface area contributed by atoms with Crippen LogP contribution in [0.25, 0.3) is 0 Å². The number of anilines is 1. The van der Waals surface area contributed by atoms with Crippen molar-refractivity contribution in [2.24, 2.45) is 11.8 Å². The van der Waals surface area contributed by atoms with E-state index in [1.54, 1.807) is 0 Å². The van der Waals surface area contributed by atoms with E-state index in [1.165, 1.54) is 36.2 Å². The van der Waals surface area contributed by atoms with Crippen molar-refractivity contribution in [3.63, 3.8) is 0 Å². The van der Waals surface area contributed by atoms with Crippen LogP contribution in [0.15, 0.2) is 18.2 Å². The first kappa shape index (κ1) is 16.4. The van der Waals surface area contributed by atoms with E-state index < -0.39 is 0 Å². The van der Waals surface area contributed by atoms with Gasteiger partial charge in [0.1, 0.15) is 0 Å². The number of nitrogens with one attached hydrogen (secondary N) is 1.